The van der Waals surface area contributed by atoms with Crippen molar-refractivity contribution in [2.45, 2.75) is 26.7 Å². The smallest absolute Gasteiger partial charge is 0.311 e. The Morgan fingerprint density at radius 2 is 2.00 bits per heavy atom. The summed E-state index contributed by atoms with van der Waals surface area (Å²) in [7, 11) is 0. The van der Waals surface area contributed by atoms with Gasteiger partial charge in [-0.1, -0.05) is 31.5 Å². The van der Waals surface area contributed by atoms with Crippen LogP contribution in [-0.4, -0.2) is 11.1 Å². The van der Waals surface area contributed by atoms with Crippen LogP contribution in [0.5, 0.6) is 0 Å². The number of rotatable bonds is 3. The van der Waals surface area contributed by atoms with Gasteiger partial charge < -0.3 is 5.11 Å². The molecular formula is C12H14ClFO2. The summed E-state index contributed by atoms with van der Waals surface area (Å²) in [4.78, 5) is 11.1. The van der Waals surface area contributed by atoms with E-state index in [1.54, 1.807) is 26.8 Å². The maximum absolute atomic E-state index is 13.6. The Balaban J connectivity index is 3.31. The van der Waals surface area contributed by atoms with Crippen molar-refractivity contribution in [1.82, 2.24) is 0 Å². The highest BCUT2D eigenvalue weighted by Crippen LogP contribution is 2.31. The number of carboxylic acid groups (broad SMARTS) is 1. The van der Waals surface area contributed by atoms with Gasteiger partial charge in [-0.3, -0.25) is 4.79 Å². The van der Waals surface area contributed by atoms with Crippen molar-refractivity contribution in [2.24, 2.45) is 5.92 Å². The van der Waals surface area contributed by atoms with E-state index in [0.717, 1.165) is 0 Å². The number of hydrogen-bond donors (Lipinski definition) is 1. The van der Waals surface area contributed by atoms with Gasteiger partial charge in [-0.25, -0.2) is 4.39 Å². The molecule has 2 nitrogen and oxygen atoms in total. The fourth-order valence-electron chi connectivity index (χ4n) is 1.78. The van der Waals surface area contributed by atoms with Crippen LogP contribution >= 0.6 is 11.6 Å². The van der Waals surface area contributed by atoms with E-state index in [-0.39, 0.29) is 10.9 Å². The molecule has 0 aliphatic heterocycles. The Kier molecular flexibility index (Phi) is 3.92. The molecule has 0 aliphatic rings. The van der Waals surface area contributed by atoms with Crippen LogP contribution < -0.4 is 0 Å². The summed E-state index contributed by atoms with van der Waals surface area (Å²) in [5.74, 6) is -2.28. The van der Waals surface area contributed by atoms with Crippen LogP contribution in [0, 0.1) is 18.7 Å². The van der Waals surface area contributed by atoms with Gasteiger partial charge in [-0.15, -0.1) is 0 Å². The highest BCUT2D eigenvalue weighted by molar-refractivity contribution is 6.30. The Bertz CT molecular complexity index is 416. The van der Waals surface area contributed by atoms with E-state index in [4.69, 9.17) is 16.7 Å². The first kappa shape index (κ1) is 13.0. The van der Waals surface area contributed by atoms with Crippen LogP contribution in [0.4, 0.5) is 4.39 Å². The Hall–Kier alpha value is -1.09. The van der Waals surface area contributed by atoms with Crippen LogP contribution in [0.25, 0.3) is 0 Å². The second kappa shape index (κ2) is 4.83. The highest BCUT2D eigenvalue weighted by Gasteiger charge is 2.26. The molecule has 1 aromatic carbocycles. The van der Waals surface area contributed by atoms with E-state index in [1.165, 1.54) is 6.07 Å². The van der Waals surface area contributed by atoms with E-state index in [1.807, 2.05) is 0 Å². The molecular weight excluding hydrogens is 231 g/mol. The molecule has 0 saturated carbocycles. The van der Waals surface area contributed by atoms with Crippen molar-refractivity contribution < 1.29 is 14.3 Å². The maximum Gasteiger partial charge on any atom is 0.311 e. The second-order valence-corrected chi connectivity index (χ2v) is 4.54. The first-order valence-electron chi connectivity index (χ1n) is 5.03. The third kappa shape index (κ3) is 2.35. The lowest BCUT2D eigenvalue weighted by molar-refractivity contribution is -0.139. The summed E-state index contributed by atoms with van der Waals surface area (Å²) in [6.45, 7) is 5.14. The molecule has 16 heavy (non-hydrogen) atoms. The van der Waals surface area contributed by atoms with Crippen LogP contribution in [0.3, 0.4) is 0 Å². The van der Waals surface area contributed by atoms with Gasteiger partial charge in [0, 0.05) is 0 Å². The summed E-state index contributed by atoms with van der Waals surface area (Å²) in [6, 6.07) is 2.98. The Morgan fingerprint density at radius 1 is 1.44 bits per heavy atom. The standard InChI is InChI=1S/C12H14ClFO2/c1-6(2)10(12(15)16)8-4-5-9(13)11(14)7(8)3/h4-6,10H,1-3H3,(H,15,16). The zero-order chi connectivity index (χ0) is 12.5. The number of carbonyl (C=O) groups is 1. The SMILES string of the molecule is Cc1c(C(C(=O)O)C(C)C)ccc(Cl)c1F. The van der Waals surface area contributed by atoms with Gasteiger partial charge in [0.25, 0.3) is 0 Å². The van der Waals surface area contributed by atoms with Gasteiger partial charge in [0.2, 0.25) is 0 Å². The second-order valence-electron chi connectivity index (χ2n) is 4.14. The van der Waals surface area contributed by atoms with Crippen molar-refractivity contribution in [1.29, 1.82) is 0 Å². The molecule has 1 N–H and O–H groups in total. The van der Waals surface area contributed by atoms with Crippen molar-refractivity contribution in [3.8, 4) is 0 Å². The minimum atomic E-state index is -0.945. The lowest BCUT2D eigenvalue weighted by atomic mass is 9.86. The zero-order valence-electron chi connectivity index (χ0n) is 9.42. The summed E-state index contributed by atoms with van der Waals surface area (Å²) in [5.41, 5.74) is 0.804. The van der Waals surface area contributed by atoms with Gasteiger partial charge in [0.1, 0.15) is 5.82 Å². The lowest BCUT2D eigenvalue weighted by Gasteiger charge is -2.19. The summed E-state index contributed by atoms with van der Waals surface area (Å²) >= 11 is 5.63. The average Bonchev–Trinajstić information content (AvgIpc) is 2.17. The Labute approximate surface area is 99.0 Å². The first-order valence-corrected chi connectivity index (χ1v) is 5.41. The largest absolute Gasteiger partial charge is 0.481 e. The van der Waals surface area contributed by atoms with Gasteiger partial charge in [0.15, 0.2) is 0 Å². The number of aliphatic carboxylic acids is 1. The normalized spacial score (nSPS) is 12.9. The van der Waals surface area contributed by atoms with Crippen molar-refractivity contribution in [3.63, 3.8) is 0 Å². The van der Waals surface area contributed by atoms with E-state index < -0.39 is 17.7 Å². The van der Waals surface area contributed by atoms with E-state index in [9.17, 15) is 9.18 Å². The Morgan fingerprint density at radius 3 is 2.44 bits per heavy atom. The van der Waals surface area contributed by atoms with Crippen molar-refractivity contribution >= 4 is 17.6 Å². The minimum Gasteiger partial charge on any atom is -0.481 e. The van der Waals surface area contributed by atoms with Gasteiger partial charge >= 0.3 is 5.97 Å². The maximum atomic E-state index is 13.6. The quantitative estimate of drug-likeness (QED) is 0.882. The summed E-state index contributed by atoms with van der Waals surface area (Å²) in [5, 5.41) is 9.15. The molecule has 0 fully saturated rings. The zero-order valence-corrected chi connectivity index (χ0v) is 10.2. The molecule has 0 radical (unpaired) electrons. The molecule has 1 atom stereocenters. The number of hydrogen-bond acceptors (Lipinski definition) is 1. The molecule has 88 valence electrons. The molecule has 1 unspecified atom stereocenters. The number of benzene rings is 1. The first-order chi connectivity index (χ1) is 7.36. The molecule has 0 bridgehead atoms. The van der Waals surface area contributed by atoms with Crippen molar-refractivity contribution in [2.75, 3.05) is 0 Å². The number of carboxylic acids is 1. The fourth-order valence-corrected chi connectivity index (χ4v) is 1.99. The van der Waals surface area contributed by atoms with Crippen LogP contribution in [0.2, 0.25) is 5.02 Å². The van der Waals surface area contributed by atoms with Crippen LogP contribution in [0.15, 0.2) is 12.1 Å². The summed E-state index contributed by atoms with van der Waals surface area (Å²) < 4.78 is 13.6. The van der Waals surface area contributed by atoms with Gasteiger partial charge in [0.05, 0.1) is 10.9 Å². The molecule has 1 rings (SSSR count). The topological polar surface area (TPSA) is 37.3 Å². The van der Waals surface area contributed by atoms with E-state index >= 15 is 0 Å². The minimum absolute atomic E-state index is 0.0224. The van der Waals surface area contributed by atoms with E-state index in [0.29, 0.717) is 11.1 Å². The molecule has 0 heterocycles. The van der Waals surface area contributed by atoms with Gasteiger partial charge in [-0.05, 0) is 30.0 Å². The van der Waals surface area contributed by atoms with Gasteiger partial charge in [-0.2, -0.15) is 0 Å². The third-order valence-electron chi connectivity index (χ3n) is 2.65. The molecule has 0 spiro atoms. The van der Waals surface area contributed by atoms with E-state index in [2.05, 4.69) is 0 Å². The molecule has 0 aliphatic carbocycles. The predicted octanol–water partition coefficient (Wildman–Crippen LogP) is 3.61. The molecule has 1 aromatic rings. The molecule has 0 aromatic heterocycles. The lowest BCUT2D eigenvalue weighted by Crippen LogP contribution is -2.19. The van der Waals surface area contributed by atoms with Crippen LogP contribution in [0.1, 0.15) is 30.9 Å². The molecule has 4 heteroatoms. The fraction of sp³-hybridized carbons (Fsp3) is 0.417. The third-order valence-corrected chi connectivity index (χ3v) is 2.94. The van der Waals surface area contributed by atoms with Crippen LogP contribution in [-0.2, 0) is 4.79 Å². The monoisotopic (exact) mass is 244 g/mol. The highest BCUT2D eigenvalue weighted by atomic mass is 35.5. The number of halogens is 2. The molecule has 0 amide bonds. The molecule has 0 saturated heterocycles. The average molecular weight is 245 g/mol. The summed E-state index contributed by atoms with van der Waals surface area (Å²) in [6.07, 6.45) is 0. The van der Waals surface area contributed by atoms with Crippen molar-refractivity contribution in [3.05, 3.63) is 34.1 Å². The predicted molar refractivity (Wildman–Crippen MR) is 61.4 cm³/mol.